The number of benzene rings is 1. The normalized spacial score (nSPS) is 13.2. The van der Waals surface area contributed by atoms with Crippen LogP contribution in [-0.2, 0) is 14.3 Å². The zero-order chi connectivity index (χ0) is 16.0. The molecule has 1 aromatic carbocycles. The molecule has 0 aliphatic heterocycles. The van der Waals surface area contributed by atoms with Gasteiger partial charge >= 0.3 is 5.97 Å². The summed E-state index contributed by atoms with van der Waals surface area (Å²) >= 11 is 11.8. The van der Waals surface area contributed by atoms with Gasteiger partial charge in [-0.25, -0.2) is 0 Å². The molecule has 1 amide bonds. The van der Waals surface area contributed by atoms with Crippen LogP contribution >= 0.6 is 23.2 Å². The van der Waals surface area contributed by atoms with Gasteiger partial charge in [0.25, 0.3) is 5.91 Å². The highest BCUT2D eigenvalue weighted by Crippen LogP contribution is 2.28. The number of methoxy groups -OCH3 is 1. The largest absolute Gasteiger partial charge is 0.479 e. The fourth-order valence-corrected chi connectivity index (χ4v) is 2.01. The monoisotopic (exact) mass is 333 g/mol. The van der Waals surface area contributed by atoms with E-state index in [1.165, 1.54) is 13.2 Å². The zero-order valence-electron chi connectivity index (χ0n) is 12.0. The Morgan fingerprint density at radius 1 is 1.29 bits per heavy atom. The van der Waals surface area contributed by atoms with Crippen LogP contribution in [0.15, 0.2) is 18.2 Å². The number of carbonyl (C=O) groups excluding carboxylic acids is 2. The maximum absolute atomic E-state index is 11.9. The topological polar surface area (TPSA) is 64.6 Å². The number of esters is 1. The lowest BCUT2D eigenvalue weighted by atomic mass is 10.2. The van der Waals surface area contributed by atoms with Crippen LogP contribution in [0.25, 0.3) is 0 Å². The fraction of sp³-hybridized carbons (Fsp3) is 0.429. The van der Waals surface area contributed by atoms with Crippen LogP contribution in [0.2, 0.25) is 10.0 Å². The van der Waals surface area contributed by atoms with E-state index in [-0.39, 0.29) is 18.4 Å². The third-order valence-electron chi connectivity index (χ3n) is 2.66. The van der Waals surface area contributed by atoms with Crippen LogP contribution in [0.1, 0.15) is 20.3 Å². The van der Waals surface area contributed by atoms with Crippen molar-refractivity contribution in [1.29, 1.82) is 0 Å². The molecule has 0 bridgehead atoms. The van der Waals surface area contributed by atoms with Crippen molar-refractivity contribution in [3.63, 3.8) is 0 Å². The second-order valence-corrected chi connectivity index (χ2v) is 5.37. The fourth-order valence-electron chi connectivity index (χ4n) is 1.56. The van der Waals surface area contributed by atoms with E-state index in [1.807, 2.05) is 0 Å². The SMILES string of the molecule is COC(=O)CC(C)NC(=O)C(C)Oc1ccc(Cl)cc1Cl. The van der Waals surface area contributed by atoms with Gasteiger partial charge in [0.1, 0.15) is 5.75 Å². The average Bonchev–Trinajstić information content (AvgIpc) is 2.41. The van der Waals surface area contributed by atoms with Crippen molar-refractivity contribution in [3.8, 4) is 5.75 Å². The summed E-state index contributed by atoms with van der Waals surface area (Å²) < 4.78 is 10.0. The molecule has 1 aromatic rings. The van der Waals surface area contributed by atoms with Crippen molar-refractivity contribution in [1.82, 2.24) is 5.32 Å². The van der Waals surface area contributed by atoms with Crippen LogP contribution < -0.4 is 10.1 Å². The first-order valence-corrected chi connectivity index (χ1v) is 7.08. The van der Waals surface area contributed by atoms with Gasteiger partial charge in [0, 0.05) is 11.1 Å². The Bertz CT molecular complexity index is 522. The number of hydrogen-bond acceptors (Lipinski definition) is 4. The number of amides is 1. The molecule has 0 radical (unpaired) electrons. The smallest absolute Gasteiger partial charge is 0.307 e. The molecule has 7 heteroatoms. The van der Waals surface area contributed by atoms with Gasteiger partial charge in [-0.15, -0.1) is 0 Å². The lowest BCUT2D eigenvalue weighted by molar-refractivity contribution is -0.141. The molecule has 0 saturated carbocycles. The summed E-state index contributed by atoms with van der Waals surface area (Å²) in [4.78, 5) is 23.1. The molecule has 0 aromatic heterocycles. The quantitative estimate of drug-likeness (QED) is 0.813. The van der Waals surface area contributed by atoms with Crippen LogP contribution in [0.5, 0.6) is 5.75 Å². The number of halogens is 2. The summed E-state index contributed by atoms with van der Waals surface area (Å²) in [6.45, 7) is 3.29. The van der Waals surface area contributed by atoms with Gasteiger partial charge in [-0.05, 0) is 32.0 Å². The summed E-state index contributed by atoms with van der Waals surface area (Å²) in [7, 11) is 1.30. The highest BCUT2D eigenvalue weighted by molar-refractivity contribution is 6.35. The maximum atomic E-state index is 11.9. The second-order valence-electron chi connectivity index (χ2n) is 4.52. The molecule has 0 aliphatic carbocycles. The molecule has 116 valence electrons. The molecule has 0 fully saturated rings. The minimum atomic E-state index is -0.760. The lowest BCUT2D eigenvalue weighted by Crippen LogP contribution is -2.42. The molecular weight excluding hydrogens is 317 g/mol. The number of rotatable bonds is 6. The predicted molar refractivity (Wildman–Crippen MR) is 80.8 cm³/mol. The van der Waals surface area contributed by atoms with Crippen molar-refractivity contribution < 1.29 is 19.1 Å². The molecule has 2 atom stereocenters. The number of carbonyl (C=O) groups is 2. The first-order chi connectivity index (χ1) is 9.83. The van der Waals surface area contributed by atoms with Gasteiger partial charge in [0.05, 0.1) is 18.6 Å². The van der Waals surface area contributed by atoms with E-state index in [9.17, 15) is 9.59 Å². The molecule has 21 heavy (non-hydrogen) atoms. The Morgan fingerprint density at radius 2 is 1.95 bits per heavy atom. The summed E-state index contributed by atoms with van der Waals surface area (Å²) in [5, 5.41) is 3.47. The minimum absolute atomic E-state index is 0.0939. The van der Waals surface area contributed by atoms with Gasteiger partial charge in [-0.3, -0.25) is 9.59 Å². The van der Waals surface area contributed by atoms with Gasteiger partial charge in [-0.2, -0.15) is 0 Å². The Morgan fingerprint density at radius 3 is 2.52 bits per heavy atom. The van der Waals surface area contributed by atoms with Crippen molar-refractivity contribution in [2.75, 3.05) is 7.11 Å². The number of hydrogen-bond donors (Lipinski definition) is 1. The minimum Gasteiger partial charge on any atom is -0.479 e. The van der Waals surface area contributed by atoms with Crippen LogP contribution in [0, 0.1) is 0 Å². The maximum Gasteiger partial charge on any atom is 0.307 e. The van der Waals surface area contributed by atoms with Crippen molar-refractivity contribution in [2.24, 2.45) is 0 Å². The lowest BCUT2D eigenvalue weighted by Gasteiger charge is -2.18. The number of ether oxygens (including phenoxy) is 2. The van der Waals surface area contributed by atoms with E-state index in [4.69, 9.17) is 27.9 Å². The zero-order valence-corrected chi connectivity index (χ0v) is 13.5. The predicted octanol–water partition coefficient (Wildman–Crippen LogP) is 2.83. The van der Waals surface area contributed by atoms with E-state index < -0.39 is 12.1 Å². The van der Waals surface area contributed by atoms with E-state index in [2.05, 4.69) is 10.1 Å². The Balaban J connectivity index is 2.56. The molecule has 1 rings (SSSR count). The van der Waals surface area contributed by atoms with Crippen molar-refractivity contribution >= 4 is 35.1 Å². The molecule has 0 spiro atoms. The highest BCUT2D eigenvalue weighted by atomic mass is 35.5. The molecule has 0 aliphatic rings. The van der Waals surface area contributed by atoms with E-state index in [0.717, 1.165) is 0 Å². The van der Waals surface area contributed by atoms with Gasteiger partial charge in [0.15, 0.2) is 6.10 Å². The molecule has 0 saturated heterocycles. The summed E-state index contributed by atoms with van der Waals surface area (Å²) in [6, 6.07) is 4.39. The van der Waals surface area contributed by atoms with E-state index in [0.29, 0.717) is 15.8 Å². The first-order valence-electron chi connectivity index (χ1n) is 6.32. The van der Waals surface area contributed by atoms with Crippen LogP contribution in [0.3, 0.4) is 0 Å². The third kappa shape index (κ3) is 5.81. The van der Waals surface area contributed by atoms with Crippen LogP contribution in [0.4, 0.5) is 0 Å². The highest BCUT2D eigenvalue weighted by Gasteiger charge is 2.19. The standard InChI is InChI=1S/C14H17Cl2NO4/c1-8(6-13(18)20-3)17-14(19)9(2)21-12-5-4-10(15)7-11(12)16/h4-5,7-9H,6H2,1-3H3,(H,17,19). The molecule has 1 N–H and O–H groups in total. The molecule has 0 heterocycles. The Hall–Kier alpha value is -1.46. The number of nitrogens with one attached hydrogen (secondary N) is 1. The van der Waals surface area contributed by atoms with Gasteiger partial charge in [-0.1, -0.05) is 23.2 Å². The Labute approximate surface area is 133 Å². The first kappa shape index (κ1) is 17.6. The van der Waals surface area contributed by atoms with Crippen molar-refractivity contribution in [2.45, 2.75) is 32.4 Å². The molecule has 2 unspecified atom stereocenters. The second kappa shape index (κ2) is 8.10. The summed E-state index contributed by atoms with van der Waals surface area (Å²) in [6.07, 6.45) is -0.666. The van der Waals surface area contributed by atoms with Gasteiger partial charge < -0.3 is 14.8 Å². The van der Waals surface area contributed by atoms with Crippen molar-refractivity contribution in [3.05, 3.63) is 28.2 Å². The molecule has 5 nitrogen and oxygen atoms in total. The molecular formula is C14H17Cl2NO4. The van der Waals surface area contributed by atoms with E-state index >= 15 is 0 Å². The van der Waals surface area contributed by atoms with E-state index in [1.54, 1.807) is 26.0 Å². The third-order valence-corrected chi connectivity index (χ3v) is 3.19. The van der Waals surface area contributed by atoms with Gasteiger partial charge in [0.2, 0.25) is 0 Å². The van der Waals surface area contributed by atoms with Crippen LogP contribution in [-0.4, -0.2) is 31.1 Å². The average molecular weight is 334 g/mol. The summed E-state index contributed by atoms with van der Waals surface area (Å²) in [5.41, 5.74) is 0. The Kier molecular flexibility index (Phi) is 6.78. The summed E-state index contributed by atoms with van der Waals surface area (Å²) in [5.74, 6) is -0.376.